The maximum atomic E-state index is 13.2. The van der Waals surface area contributed by atoms with Gasteiger partial charge in [0.15, 0.2) is 28.8 Å². The Morgan fingerprint density at radius 2 is 1.85 bits per heavy atom. The van der Waals surface area contributed by atoms with E-state index in [-0.39, 0.29) is 11.7 Å². The van der Waals surface area contributed by atoms with Gasteiger partial charge in [0, 0.05) is 36.7 Å². The molecule has 1 fully saturated rings. The Morgan fingerprint density at radius 1 is 1.02 bits per heavy atom. The minimum atomic E-state index is -0.149. The second-order valence-electron chi connectivity index (χ2n) is 10.3. The minimum absolute atomic E-state index is 0.109. The predicted molar refractivity (Wildman–Crippen MR) is 150 cm³/mol. The van der Waals surface area contributed by atoms with E-state index in [9.17, 15) is 4.79 Å². The Bertz CT molecular complexity index is 1560. The lowest BCUT2D eigenvalue weighted by molar-refractivity contribution is 0.0916. The van der Waals surface area contributed by atoms with E-state index in [2.05, 4.69) is 25.4 Å². The number of H-pyrrole nitrogens is 1. The van der Waals surface area contributed by atoms with E-state index < -0.39 is 0 Å². The molecule has 0 spiro atoms. The van der Waals surface area contributed by atoms with Crippen LogP contribution in [0, 0.1) is 0 Å². The van der Waals surface area contributed by atoms with Crippen molar-refractivity contribution in [3.63, 3.8) is 0 Å². The first-order valence-electron chi connectivity index (χ1n) is 13.8. The molecule has 4 aromatic rings. The van der Waals surface area contributed by atoms with Gasteiger partial charge in [0.1, 0.15) is 13.2 Å². The van der Waals surface area contributed by atoms with Crippen LogP contribution in [0.3, 0.4) is 0 Å². The van der Waals surface area contributed by atoms with Crippen molar-refractivity contribution < 1.29 is 23.7 Å². The molecule has 0 amide bonds. The molecule has 2 aromatic carbocycles. The molecule has 41 heavy (non-hydrogen) atoms. The minimum Gasteiger partial charge on any atom is -0.493 e. The van der Waals surface area contributed by atoms with Crippen LogP contribution in [-0.2, 0) is 30.8 Å². The normalized spacial score (nSPS) is 16.4. The number of aromatic amines is 1. The SMILES string of the molecule is COc1ccc(CCN(Cc2cc3cc4c(cc3[nH]c2=O)OCCO4)Cc2nnnn2C[C@H]2CCCO2)cc1OC. The number of fused-ring (bicyclic) bond motifs is 2. The number of hydrogen-bond acceptors (Lipinski definition) is 10. The van der Waals surface area contributed by atoms with E-state index in [4.69, 9.17) is 23.7 Å². The second-order valence-corrected chi connectivity index (χ2v) is 10.3. The van der Waals surface area contributed by atoms with Crippen molar-refractivity contribution in [2.75, 3.05) is 40.6 Å². The number of nitrogens with one attached hydrogen (secondary N) is 1. The summed E-state index contributed by atoms with van der Waals surface area (Å²) in [5, 5.41) is 13.4. The van der Waals surface area contributed by atoms with Crippen LogP contribution in [0.5, 0.6) is 23.0 Å². The topological polar surface area (TPSA) is 126 Å². The standard InChI is InChI=1S/C29H34N6O6/c1-37-24-6-5-19(12-25(24)38-2)7-8-34(18-28-31-32-33-35(28)17-22-4-3-9-39-22)16-21-13-20-14-26-27(41-11-10-40-26)15-23(20)30-29(21)36/h5-6,12-15,22H,3-4,7-11,16-18H2,1-2H3,(H,30,36)/t22-/m1/s1. The fourth-order valence-electron chi connectivity index (χ4n) is 5.34. The van der Waals surface area contributed by atoms with Crippen LogP contribution in [0.4, 0.5) is 0 Å². The Hall–Kier alpha value is -4.16. The van der Waals surface area contributed by atoms with Gasteiger partial charge in [0.2, 0.25) is 0 Å². The summed E-state index contributed by atoms with van der Waals surface area (Å²) < 4.78 is 30.0. The number of nitrogens with zero attached hydrogens (tertiary/aromatic N) is 5. The summed E-state index contributed by atoms with van der Waals surface area (Å²) in [4.78, 5) is 18.4. The number of ether oxygens (including phenoxy) is 5. The molecule has 0 saturated carbocycles. The summed E-state index contributed by atoms with van der Waals surface area (Å²) >= 11 is 0. The number of rotatable bonds is 11. The second kappa shape index (κ2) is 12.1. The summed E-state index contributed by atoms with van der Waals surface area (Å²) in [5.74, 6) is 3.41. The average Bonchev–Trinajstić information content (AvgIpc) is 3.67. The lowest BCUT2D eigenvalue weighted by atomic mass is 10.1. The first-order valence-corrected chi connectivity index (χ1v) is 13.8. The average molecular weight is 563 g/mol. The molecule has 6 rings (SSSR count). The number of methoxy groups -OCH3 is 2. The highest BCUT2D eigenvalue weighted by atomic mass is 16.6. The summed E-state index contributed by atoms with van der Waals surface area (Å²) in [7, 11) is 3.25. The highest BCUT2D eigenvalue weighted by Gasteiger charge is 2.21. The molecule has 2 aliphatic rings. The lowest BCUT2D eigenvalue weighted by Crippen LogP contribution is -2.30. The van der Waals surface area contributed by atoms with Crippen LogP contribution >= 0.6 is 0 Å². The first-order chi connectivity index (χ1) is 20.1. The molecular weight excluding hydrogens is 528 g/mol. The van der Waals surface area contributed by atoms with Crippen molar-refractivity contribution in [3.05, 3.63) is 63.7 Å². The van der Waals surface area contributed by atoms with Crippen LogP contribution in [0.1, 0.15) is 29.8 Å². The van der Waals surface area contributed by atoms with E-state index >= 15 is 0 Å². The van der Waals surface area contributed by atoms with Gasteiger partial charge in [-0.2, -0.15) is 0 Å². The molecule has 216 valence electrons. The van der Waals surface area contributed by atoms with Crippen molar-refractivity contribution in [3.8, 4) is 23.0 Å². The third-order valence-corrected chi connectivity index (χ3v) is 7.51. The fraction of sp³-hybridized carbons (Fsp3) is 0.448. The van der Waals surface area contributed by atoms with Crippen LogP contribution in [0.15, 0.2) is 41.2 Å². The molecule has 4 heterocycles. The molecule has 0 unspecified atom stereocenters. The summed E-state index contributed by atoms with van der Waals surface area (Å²) in [6.45, 7) is 3.88. The van der Waals surface area contributed by atoms with Gasteiger partial charge in [0.25, 0.3) is 5.56 Å². The molecule has 12 nitrogen and oxygen atoms in total. The zero-order valence-corrected chi connectivity index (χ0v) is 23.3. The van der Waals surface area contributed by atoms with Crippen LogP contribution in [-0.4, -0.2) is 76.8 Å². The molecule has 0 radical (unpaired) electrons. The first kappa shape index (κ1) is 27.0. The molecule has 1 N–H and O–H groups in total. The Labute approximate surface area is 237 Å². The Balaban J connectivity index is 1.26. The number of tetrazole rings is 1. The van der Waals surface area contributed by atoms with E-state index in [1.54, 1.807) is 14.2 Å². The zero-order chi connectivity index (χ0) is 28.2. The largest absolute Gasteiger partial charge is 0.493 e. The number of hydrogen-bond donors (Lipinski definition) is 1. The van der Waals surface area contributed by atoms with Gasteiger partial charge in [-0.1, -0.05) is 6.07 Å². The van der Waals surface area contributed by atoms with E-state index in [1.165, 1.54) is 0 Å². The van der Waals surface area contributed by atoms with Crippen molar-refractivity contribution in [2.24, 2.45) is 0 Å². The van der Waals surface area contributed by atoms with Gasteiger partial charge >= 0.3 is 0 Å². The van der Waals surface area contributed by atoms with Gasteiger partial charge in [-0.05, 0) is 59.5 Å². The number of aromatic nitrogens is 5. The summed E-state index contributed by atoms with van der Waals surface area (Å²) in [6, 6.07) is 11.6. The maximum absolute atomic E-state index is 13.2. The van der Waals surface area contributed by atoms with Gasteiger partial charge in [0.05, 0.1) is 38.9 Å². The quantitative estimate of drug-likeness (QED) is 0.292. The maximum Gasteiger partial charge on any atom is 0.252 e. The van der Waals surface area contributed by atoms with Crippen LogP contribution < -0.4 is 24.5 Å². The van der Waals surface area contributed by atoms with Crippen LogP contribution in [0.2, 0.25) is 0 Å². The number of pyridine rings is 1. The monoisotopic (exact) mass is 562 g/mol. The molecule has 0 bridgehead atoms. The van der Waals surface area contributed by atoms with Gasteiger partial charge < -0.3 is 28.7 Å². The number of benzene rings is 2. The van der Waals surface area contributed by atoms with Crippen LogP contribution in [0.25, 0.3) is 10.9 Å². The Morgan fingerprint density at radius 3 is 2.63 bits per heavy atom. The molecule has 1 saturated heterocycles. The van der Waals surface area contributed by atoms with Crippen molar-refractivity contribution in [2.45, 2.75) is 45.0 Å². The van der Waals surface area contributed by atoms with Crippen molar-refractivity contribution in [1.29, 1.82) is 0 Å². The van der Waals surface area contributed by atoms with Gasteiger partial charge in [-0.25, -0.2) is 4.68 Å². The molecule has 12 heteroatoms. The fourth-order valence-corrected chi connectivity index (χ4v) is 5.34. The van der Waals surface area contributed by atoms with E-state index in [1.807, 2.05) is 41.1 Å². The third-order valence-electron chi connectivity index (χ3n) is 7.51. The lowest BCUT2D eigenvalue weighted by Gasteiger charge is -2.23. The molecular formula is C29H34N6O6. The third kappa shape index (κ3) is 6.13. The van der Waals surface area contributed by atoms with Gasteiger partial charge in [-0.15, -0.1) is 5.10 Å². The molecule has 1 atom stereocenters. The van der Waals surface area contributed by atoms with E-state index in [0.717, 1.165) is 42.6 Å². The molecule has 2 aromatic heterocycles. The Kier molecular flexibility index (Phi) is 8.01. The predicted octanol–water partition coefficient (Wildman–Crippen LogP) is 2.73. The van der Waals surface area contributed by atoms with E-state index in [0.29, 0.717) is 73.5 Å². The van der Waals surface area contributed by atoms with Gasteiger partial charge in [-0.3, -0.25) is 9.69 Å². The van der Waals surface area contributed by atoms with Crippen molar-refractivity contribution in [1.82, 2.24) is 30.1 Å². The zero-order valence-electron chi connectivity index (χ0n) is 23.3. The summed E-state index contributed by atoms with van der Waals surface area (Å²) in [5.41, 5.74) is 2.28. The highest BCUT2D eigenvalue weighted by Crippen LogP contribution is 2.34. The molecule has 0 aliphatic carbocycles. The highest BCUT2D eigenvalue weighted by molar-refractivity contribution is 5.83. The molecule has 2 aliphatic heterocycles. The smallest absolute Gasteiger partial charge is 0.252 e. The summed E-state index contributed by atoms with van der Waals surface area (Å²) in [6.07, 6.45) is 2.87. The van der Waals surface area contributed by atoms with Crippen molar-refractivity contribution >= 4 is 10.9 Å².